The van der Waals surface area contributed by atoms with Crippen LogP contribution in [0.3, 0.4) is 0 Å². The minimum absolute atomic E-state index is 0. The molecule has 25 heavy (non-hydrogen) atoms. The minimum Gasteiger partial charge on any atom is -0.465 e. The molecule has 0 aromatic carbocycles. The molecule has 0 rings (SSSR count). The molecule has 9 nitrogen and oxygen atoms in total. The third-order valence-electron chi connectivity index (χ3n) is 2.82. The van der Waals surface area contributed by atoms with Gasteiger partial charge < -0.3 is 25.8 Å². The van der Waals surface area contributed by atoms with Crippen molar-refractivity contribution in [3.63, 3.8) is 0 Å². The zero-order chi connectivity index (χ0) is 18.5. The van der Waals surface area contributed by atoms with Crippen LogP contribution in [0.2, 0.25) is 0 Å². The number of carbonyl (C=O) groups is 4. The number of ether oxygens (including phenoxy) is 2. The SMILES string of the molecule is CCOC(=O)CNC(=O)[C@H](CS)NC(=O)CC[C@H](N)C(=O)OCC.Cl. The van der Waals surface area contributed by atoms with E-state index in [-0.39, 0.29) is 50.8 Å². The summed E-state index contributed by atoms with van der Waals surface area (Å²) in [4.78, 5) is 46.2. The summed E-state index contributed by atoms with van der Waals surface area (Å²) in [5.41, 5.74) is 5.58. The normalized spacial score (nSPS) is 12.2. The first-order valence-corrected chi connectivity index (χ1v) is 8.24. The number of hydrogen-bond donors (Lipinski definition) is 4. The minimum atomic E-state index is -0.908. The van der Waals surface area contributed by atoms with Gasteiger partial charge in [0.05, 0.1) is 13.2 Å². The van der Waals surface area contributed by atoms with Gasteiger partial charge in [-0.25, -0.2) is 0 Å². The highest BCUT2D eigenvalue weighted by atomic mass is 35.5. The second-order valence-electron chi connectivity index (χ2n) is 4.72. The van der Waals surface area contributed by atoms with Crippen LogP contribution >= 0.6 is 25.0 Å². The van der Waals surface area contributed by atoms with Crippen molar-refractivity contribution in [1.82, 2.24) is 10.6 Å². The van der Waals surface area contributed by atoms with E-state index < -0.39 is 35.8 Å². The van der Waals surface area contributed by atoms with Crippen molar-refractivity contribution < 1.29 is 28.7 Å². The van der Waals surface area contributed by atoms with Gasteiger partial charge in [-0.1, -0.05) is 0 Å². The predicted molar refractivity (Wildman–Crippen MR) is 96.5 cm³/mol. The Morgan fingerprint density at radius 2 is 1.72 bits per heavy atom. The summed E-state index contributed by atoms with van der Waals surface area (Å²) < 4.78 is 9.41. The lowest BCUT2D eigenvalue weighted by Crippen LogP contribution is -2.49. The van der Waals surface area contributed by atoms with Gasteiger partial charge in [-0.15, -0.1) is 12.4 Å². The molecule has 4 N–H and O–H groups in total. The molecule has 0 aromatic rings. The predicted octanol–water partition coefficient (Wildman–Crippen LogP) is -0.827. The van der Waals surface area contributed by atoms with Crippen LogP contribution in [-0.4, -0.2) is 61.3 Å². The third kappa shape index (κ3) is 11.6. The summed E-state index contributed by atoms with van der Waals surface area (Å²) >= 11 is 3.99. The second-order valence-corrected chi connectivity index (χ2v) is 5.09. The standard InChI is InChI=1S/C14H25N3O6S.ClH/c1-3-22-12(19)7-16-13(20)10(8-24)17-11(18)6-5-9(15)14(21)23-4-2;/h9-10,24H,3-8,15H2,1-2H3,(H,16,20)(H,17,18);1H/t9-,10-;/m0./s1. The Hall–Kier alpha value is -1.52. The summed E-state index contributed by atoms with van der Waals surface area (Å²) in [5.74, 6) is -2.12. The molecule has 0 aromatic heterocycles. The number of hydrogen-bond acceptors (Lipinski definition) is 8. The van der Waals surface area contributed by atoms with Crippen LogP contribution in [0.5, 0.6) is 0 Å². The highest BCUT2D eigenvalue weighted by Gasteiger charge is 2.21. The topological polar surface area (TPSA) is 137 Å². The first kappa shape index (κ1) is 25.7. The maximum Gasteiger partial charge on any atom is 0.325 e. The lowest BCUT2D eigenvalue weighted by Gasteiger charge is -2.17. The van der Waals surface area contributed by atoms with E-state index in [1.165, 1.54) is 0 Å². The van der Waals surface area contributed by atoms with Gasteiger partial charge in [0, 0.05) is 12.2 Å². The summed E-state index contributed by atoms with van der Waals surface area (Å²) in [6.07, 6.45) is 0.0455. The van der Waals surface area contributed by atoms with Gasteiger partial charge in [0.25, 0.3) is 0 Å². The van der Waals surface area contributed by atoms with Gasteiger partial charge in [0.1, 0.15) is 18.6 Å². The fourth-order valence-corrected chi connectivity index (χ4v) is 1.87. The molecular weight excluding hydrogens is 374 g/mol. The first-order valence-electron chi connectivity index (χ1n) is 7.61. The monoisotopic (exact) mass is 399 g/mol. The van der Waals surface area contributed by atoms with Gasteiger partial charge in [0.2, 0.25) is 11.8 Å². The van der Waals surface area contributed by atoms with Crippen LogP contribution in [-0.2, 0) is 28.7 Å². The fraction of sp³-hybridized carbons (Fsp3) is 0.714. The summed E-state index contributed by atoms with van der Waals surface area (Å²) in [6.45, 7) is 3.44. The molecule has 146 valence electrons. The van der Waals surface area contributed by atoms with Crippen molar-refractivity contribution in [1.29, 1.82) is 0 Å². The molecule has 0 aliphatic heterocycles. The van der Waals surface area contributed by atoms with Crippen LogP contribution in [0.4, 0.5) is 0 Å². The molecular formula is C14H26ClN3O6S. The molecule has 2 atom stereocenters. The molecule has 0 spiro atoms. The molecule has 0 saturated carbocycles. The molecule has 0 radical (unpaired) electrons. The number of carbonyl (C=O) groups excluding carboxylic acids is 4. The van der Waals surface area contributed by atoms with Crippen molar-refractivity contribution in [2.75, 3.05) is 25.5 Å². The molecule has 0 aliphatic rings. The van der Waals surface area contributed by atoms with E-state index in [0.717, 1.165) is 0 Å². The smallest absolute Gasteiger partial charge is 0.325 e. The maximum absolute atomic E-state index is 11.9. The molecule has 0 saturated heterocycles. The first-order chi connectivity index (χ1) is 11.3. The Bertz CT molecular complexity index is 452. The number of halogens is 1. The van der Waals surface area contributed by atoms with Crippen LogP contribution in [0.15, 0.2) is 0 Å². The average molecular weight is 400 g/mol. The summed E-state index contributed by atoms with van der Waals surface area (Å²) in [5, 5.41) is 4.81. The number of thiol groups is 1. The summed E-state index contributed by atoms with van der Waals surface area (Å²) in [7, 11) is 0. The van der Waals surface area contributed by atoms with Crippen molar-refractivity contribution in [3.8, 4) is 0 Å². The molecule has 0 aliphatic carbocycles. The average Bonchev–Trinajstić information content (AvgIpc) is 2.55. The van der Waals surface area contributed by atoms with E-state index in [2.05, 4.69) is 28.0 Å². The van der Waals surface area contributed by atoms with E-state index in [1.807, 2.05) is 0 Å². The Kier molecular flexibility index (Phi) is 15.2. The van der Waals surface area contributed by atoms with Gasteiger partial charge >= 0.3 is 11.9 Å². The van der Waals surface area contributed by atoms with E-state index in [1.54, 1.807) is 13.8 Å². The highest BCUT2D eigenvalue weighted by Crippen LogP contribution is 1.99. The van der Waals surface area contributed by atoms with Crippen molar-refractivity contribution in [3.05, 3.63) is 0 Å². The quantitative estimate of drug-likeness (QED) is 0.263. The Balaban J connectivity index is 0. The van der Waals surface area contributed by atoms with Crippen LogP contribution in [0, 0.1) is 0 Å². The number of nitrogens with one attached hydrogen (secondary N) is 2. The zero-order valence-electron chi connectivity index (χ0n) is 14.3. The van der Waals surface area contributed by atoms with Gasteiger partial charge in [-0.05, 0) is 20.3 Å². The Morgan fingerprint density at radius 3 is 2.24 bits per heavy atom. The maximum atomic E-state index is 11.9. The van der Waals surface area contributed by atoms with Crippen molar-refractivity contribution in [2.45, 2.75) is 38.8 Å². The van der Waals surface area contributed by atoms with Crippen molar-refractivity contribution >= 4 is 48.8 Å². The molecule has 0 heterocycles. The number of nitrogens with two attached hydrogens (primary N) is 1. The third-order valence-corrected chi connectivity index (χ3v) is 3.18. The molecule has 0 bridgehead atoms. The Morgan fingerprint density at radius 1 is 1.12 bits per heavy atom. The van der Waals surface area contributed by atoms with E-state index in [4.69, 9.17) is 10.5 Å². The fourth-order valence-electron chi connectivity index (χ4n) is 1.61. The summed E-state index contributed by atoms with van der Waals surface area (Å²) in [6, 6.07) is -1.81. The van der Waals surface area contributed by atoms with E-state index >= 15 is 0 Å². The van der Waals surface area contributed by atoms with Crippen LogP contribution < -0.4 is 16.4 Å². The molecule has 11 heteroatoms. The largest absolute Gasteiger partial charge is 0.465 e. The molecule has 0 unspecified atom stereocenters. The molecule has 2 amide bonds. The zero-order valence-corrected chi connectivity index (χ0v) is 16.0. The molecule has 0 fully saturated rings. The lowest BCUT2D eigenvalue weighted by atomic mass is 10.1. The highest BCUT2D eigenvalue weighted by molar-refractivity contribution is 7.80. The Labute approximate surface area is 158 Å². The number of amides is 2. The second kappa shape index (κ2) is 14.8. The van der Waals surface area contributed by atoms with Crippen LogP contribution in [0.1, 0.15) is 26.7 Å². The van der Waals surface area contributed by atoms with Crippen molar-refractivity contribution in [2.24, 2.45) is 5.73 Å². The van der Waals surface area contributed by atoms with E-state index in [0.29, 0.717) is 0 Å². The number of rotatable bonds is 11. The van der Waals surface area contributed by atoms with Gasteiger partial charge in [0.15, 0.2) is 0 Å². The van der Waals surface area contributed by atoms with Crippen LogP contribution in [0.25, 0.3) is 0 Å². The van der Waals surface area contributed by atoms with E-state index in [9.17, 15) is 19.2 Å². The number of esters is 2. The lowest BCUT2D eigenvalue weighted by molar-refractivity contribution is -0.145. The van der Waals surface area contributed by atoms with Gasteiger partial charge in [-0.3, -0.25) is 19.2 Å². The van der Waals surface area contributed by atoms with Gasteiger partial charge in [-0.2, -0.15) is 12.6 Å².